The number of hydrogen-bond donors (Lipinski definition) is 2. The Balaban J connectivity index is 1.55. The van der Waals surface area contributed by atoms with Crippen LogP contribution in [0, 0.1) is 0 Å². The third-order valence-electron chi connectivity index (χ3n) is 3.95. The molecule has 3 fully saturated rings. The van der Waals surface area contributed by atoms with Crippen LogP contribution in [0.4, 0.5) is 9.59 Å². The molecular formula is C11H18N4O2. The molecule has 1 saturated carbocycles. The number of carbonyl (C=O) groups is 2. The molecule has 6 heteroatoms. The smallest absolute Gasteiger partial charge is 0.317 e. The molecule has 2 N–H and O–H groups in total. The number of amides is 4. The van der Waals surface area contributed by atoms with Crippen LogP contribution in [0.2, 0.25) is 0 Å². The monoisotopic (exact) mass is 238 g/mol. The van der Waals surface area contributed by atoms with Gasteiger partial charge in [-0.2, -0.15) is 0 Å². The number of nitrogens with zero attached hydrogens (tertiary/aromatic N) is 2. The standard InChI is InChI=1S/C11H18N4O2/c16-10-12-6-9-7-14(4-5-15(9)10)11(17)13-8-2-1-3-8/h8-9H,1-7H2,(H,12,16)(H,13,17). The van der Waals surface area contributed by atoms with Gasteiger partial charge in [-0.3, -0.25) is 0 Å². The number of hydrogen-bond acceptors (Lipinski definition) is 2. The number of carbonyl (C=O) groups excluding carboxylic acids is 2. The summed E-state index contributed by atoms with van der Waals surface area (Å²) in [6.07, 6.45) is 3.43. The largest absolute Gasteiger partial charge is 0.336 e. The van der Waals surface area contributed by atoms with Gasteiger partial charge in [0, 0.05) is 32.2 Å². The lowest BCUT2D eigenvalue weighted by molar-refractivity contribution is 0.125. The van der Waals surface area contributed by atoms with Gasteiger partial charge in [-0.25, -0.2) is 9.59 Å². The zero-order valence-electron chi connectivity index (χ0n) is 9.82. The van der Waals surface area contributed by atoms with Gasteiger partial charge in [-0.1, -0.05) is 0 Å². The molecule has 6 nitrogen and oxygen atoms in total. The lowest BCUT2D eigenvalue weighted by atomic mass is 9.93. The third kappa shape index (κ3) is 1.92. The van der Waals surface area contributed by atoms with Crippen molar-refractivity contribution >= 4 is 12.1 Å². The first-order valence-corrected chi connectivity index (χ1v) is 6.34. The van der Waals surface area contributed by atoms with Crippen molar-refractivity contribution in [2.45, 2.75) is 31.3 Å². The Bertz CT molecular complexity index is 342. The molecule has 0 bridgehead atoms. The molecule has 2 aliphatic heterocycles. The van der Waals surface area contributed by atoms with E-state index in [1.54, 1.807) is 0 Å². The van der Waals surface area contributed by atoms with Gasteiger partial charge >= 0.3 is 12.1 Å². The Morgan fingerprint density at radius 2 is 2.18 bits per heavy atom. The molecule has 2 saturated heterocycles. The summed E-state index contributed by atoms with van der Waals surface area (Å²) in [5.74, 6) is 0. The van der Waals surface area contributed by atoms with Gasteiger partial charge in [0.1, 0.15) is 0 Å². The average molecular weight is 238 g/mol. The fourth-order valence-electron chi connectivity index (χ4n) is 2.61. The fourth-order valence-corrected chi connectivity index (χ4v) is 2.61. The van der Waals surface area contributed by atoms with Crippen LogP contribution in [0.15, 0.2) is 0 Å². The van der Waals surface area contributed by atoms with Gasteiger partial charge in [0.05, 0.1) is 6.04 Å². The fraction of sp³-hybridized carbons (Fsp3) is 0.818. The first-order valence-electron chi connectivity index (χ1n) is 6.34. The minimum atomic E-state index is 0.00838. The molecule has 94 valence electrons. The van der Waals surface area contributed by atoms with Crippen LogP contribution in [0.5, 0.6) is 0 Å². The average Bonchev–Trinajstić information content (AvgIpc) is 2.65. The molecule has 0 aromatic heterocycles. The van der Waals surface area contributed by atoms with E-state index in [4.69, 9.17) is 0 Å². The minimum absolute atomic E-state index is 0.00838. The molecule has 1 unspecified atom stereocenters. The highest BCUT2D eigenvalue weighted by atomic mass is 16.2. The summed E-state index contributed by atoms with van der Waals surface area (Å²) in [4.78, 5) is 27.0. The summed E-state index contributed by atoms with van der Waals surface area (Å²) in [7, 11) is 0. The summed E-state index contributed by atoms with van der Waals surface area (Å²) in [6, 6.07) is 0.579. The van der Waals surface area contributed by atoms with Crippen LogP contribution in [0.3, 0.4) is 0 Å². The number of nitrogens with one attached hydrogen (secondary N) is 2. The number of piperazine rings is 1. The van der Waals surface area contributed by atoms with Crippen molar-refractivity contribution in [1.82, 2.24) is 20.4 Å². The van der Waals surface area contributed by atoms with Gasteiger partial charge in [0.2, 0.25) is 0 Å². The third-order valence-corrected chi connectivity index (χ3v) is 3.95. The summed E-state index contributed by atoms with van der Waals surface area (Å²) in [6.45, 7) is 2.60. The molecule has 17 heavy (non-hydrogen) atoms. The zero-order valence-corrected chi connectivity index (χ0v) is 9.82. The number of rotatable bonds is 1. The van der Waals surface area contributed by atoms with Crippen LogP contribution in [0.25, 0.3) is 0 Å². The molecule has 1 atom stereocenters. The lowest BCUT2D eigenvalue weighted by Crippen LogP contribution is -2.57. The summed E-state index contributed by atoms with van der Waals surface area (Å²) < 4.78 is 0. The minimum Gasteiger partial charge on any atom is -0.336 e. The first-order chi connectivity index (χ1) is 8.24. The van der Waals surface area contributed by atoms with E-state index in [1.807, 2.05) is 9.80 Å². The Morgan fingerprint density at radius 1 is 1.35 bits per heavy atom. The molecule has 0 radical (unpaired) electrons. The summed E-state index contributed by atoms with van der Waals surface area (Å²) in [5.41, 5.74) is 0. The van der Waals surface area contributed by atoms with Crippen molar-refractivity contribution in [3.05, 3.63) is 0 Å². The Labute approximate surface area is 100 Å². The van der Waals surface area contributed by atoms with E-state index in [0.29, 0.717) is 32.2 Å². The highest BCUT2D eigenvalue weighted by Gasteiger charge is 2.37. The van der Waals surface area contributed by atoms with Gasteiger partial charge in [0.15, 0.2) is 0 Å². The Morgan fingerprint density at radius 3 is 2.88 bits per heavy atom. The van der Waals surface area contributed by atoms with E-state index in [2.05, 4.69) is 10.6 Å². The first kappa shape index (κ1) is 10.7. The SMILES string of the molecule is O=C(NC1CCC1)N1CCN2C(=O)NCC2C1. The van der Waals surface area contributed by atoms with Crippen LogP contribution >= 0.6 is 0 Å². The summed E-state index contributed by atoms with van der Waals surface area (Å²) in [5, 5.41) is 5.85. The lowest BCUT2D eigenvalue weighted by Gasteiger charge is -2.38. The van der Waals surface area contributed by atoms with Crippen molar-refractivity contribution in [3.63, 3.8) is 0 Å². The quantitative estimate of drug-likeness (QED) is 0.673. The normalized spacial score (nSPS) is 28.5. The van der Waals surface area contributed by atoms with E-state index in [-0.39, 0.29) is 18.1 Å². The van der Waals surface area contributed by atoms with Gasteiger partial charge in [0.25, 0.3) is 0 Å². The molecule has 0 spiro atoms. The van der Waals surface area contributed by atoms with Gasteiger partial charge in [-0.15, -0.1) is 0 Å². The molecule has 3 aliphatic rings. The topological polar surface area (TPSA) is 64.7 Å². The van der Waals surface area contributed by atoms with E-state index in [9.17, 15) is 9.59 Å². The van der Waals surface area contributed by atoms with Gasteiger partial charge < -0.3 is 20.4 Å². The second-order valence-electron chi connectivity index (χ2n) is 5.06. The van der Waals surface area contributed by atoms with Crippen molar-refractivity contribution < 1.29 is 9.59 Å². The Hall–Kier alpha value is -1.46. The van der Waals surface area contributed by atoms with Crippen LogP contribution in [-0.2, 0) is 0 Å². The second kappa shape index (κ2) is 4.09. The molecule has 0 aromatic carbocycles. The molecular weight excluding hydrogens is 220 g/mol. The number of fused-ring (bicyclic) bond motifs is 1. The van der Waals surface area contributed by atoms with Crippen molar-refractivity contribution in [2.75, 3.05) is 26.2 Å². The highest BCUT2D eigenvalue weighted by Crippen LogP contribution is 2.19. The zero-order chi connectivity index (χ0) is 11.8. The van der Waals surface area contributed by atoms with E-state index < -0.39 is 0 Å². The van der Waals surface area contributed by atoms with Crippen molar-refractivity contribution in [2.24, 2.45) is 0 Å². The van der Waals surface area contributed by atoms with Crippen LogP contribution in [-0.4, -0.2) is 60.1 Å². The highest BCUT2D eigenvalue weighted by molar-refractivity contribution is 5.79. The van der Waals surface area contributed by atoms with Crippen molar-refractivity contribution in [1.29, 1.82) is 0 Å². The maximum atomic E-state index is 12.0. The van der Waals surface area contributed by atoms with Crippen LogP contribution < -0.4 is 10.6 Å². The molecule has 1 aliphatic carbocycles. The molecule has 3 rings (SSSR count). The maximum absolute atomic E-state index is 12.0. The van der Waals surface area contributed by atoms with Crippen LogP contribution in [0.1, 0.15) is 19.3 Å². The molecule has 4 amide bonds. The Kier molecular flexibility index (Phi) is 2.57. The predicted octanol–water partition coefficient (Wildman–Crippen LogP) is -0.0421. The number of urea groups is 2. The van der Waals surface area contributed by atoms with E-state index >= 15 is 0 Å². The molecule has 2 heterocycles. The predicted molar refractivity (Wildman–Crippen MR) is 61.6 cm³/mol. The maximum Gasteiger partial charge on any atom is 0.317 e. The van der Waals surface area contributed by atoms with E-state index in [1.165, 1.54) is 6.42 Å². The second-order valence-corrected chi connectivity index (χ2v) is 5.06. The van der Waals surface area contributed by atoms with E-state index in [0.717, 1.165) is 12.8 Å². The molecule has 0 aromatic rings. The van der Waals surface area contributed by atoms with Gasteiger partial charge in [-0.05, 0) is 19.3 Å². The van der Waals surface area contributed by atoms with Crippen molar-refractivity contribution in [3.8, 4) is 0 Å². The summed E-state index contributed by atoms with van der Waals surface area (Å²) >= 11 is 0.